The van der Waals surface area contributed by atoms with Crippen LogP contribution in [0.1, 0.15) is 39.5 Å². The predicted octanol–water partition coefficient (Wildman–Crippen LogP) is 4.01. The number of halogens is 1. The summed E-state index contributed by atoms with van der Waals surface area (Å²) in [4.78, 5) is 0. The zero-order valence-corrected chi connectivity index (χ0v) is 9.71. The van der Waals surface area contributed by atoms with Gasteiger partial charge < -0.3 is 4.74 Å². The predicted molar refractivity (Wildman–Crippen MR) is 61.4 cm³/mol. The molecule has 1 nitrogen and oxygen atoms in total. The maximum absolute atomic E-state index is 13.8. The minimum absolute atomic E-state index is 0.340. The van der Waals surface area contributed by atoms with E-state index in [2.05, 4.69) is 13.8 Å². The maximum Gasteiger partial charge on any atom is 0.232 e. The Balaban J connectivity index is 2.14. The highest BCUT2D eigenvalue weighted by Gasteiger charge is 2.26. The van der Waals surface area contributed by atoms with Gasteiger partial charge in [-0.25, -0.2) is 4.39 Å². The van der Waals surface area contributed by atoms with Crippen molar-refractivity contribution in [3.8, 4) is 0 Å². The van der Waals surface area contributed by atoms with Crippen LogP contribution in [0, 0.1) is 5.92 Å². The normalized spacial score (nSPS) is 26.9. The lowest BCUT2D eigenvalue weighted by molar-refractivity contribution is -0.106. The fourth-order valence-corrected chi connectivity index (χ4v) is 1.56. The third-order valence-corrected chi connectivity index (χ3v) is 2.87. The molecule has 0 radical (unpaired) electrons. The summed E-state index contributed by atoms with van der Waals surface area (Å²) in [6.45, 7) is 4.91. The van der Waals surface area contributed by atoms with Crippen molar-refractivity contribution in [2.75, 3.05) is 6.61 Å². The van der Waals surface area contributed by atoms with Gasteiger partial charge in [0.2, 0.25) is 5.85 Å². The monoisotopic (exact) mass is 212 g/mol. The highest BCUT2D eigenvalue weighted by Crippen LogP contribution is 2.24. The van der Waals surface area contributed by atoms with E-state index in [0.29, 0.717) is 18.9 Å². The first-order valence-corrected chi connectivity index (χ1v) is 5.83. The molecule has 0 bridgehead atoms. The molecule has 1 unspecified atom stereocenters. The second-order valence-electron chi connectivity index (χ2n) is 4.28. The van der Waals surface area contributed by atoms with E-state index in [1.54, 1.807) is 12.2 Å². The minimum Gasteiger partial charge on any atom is -0.342 e. The standard InChI is InChI=1S/C13H21FO/c1-3-12(2)8-7-11-15-13(14)9-5-4-6-10-13/h4-6,9,12H,3,7-8,10-11H2,1-2H3/t12?,13-/m0/s1. The van der Waals surface area contributed by atoms with Crippen LogP contribution < -0.4 is 0 Å². The molecule has 0 amide bonds. The van der Waals surface area contributed by atoms with Crippen molar-refractivity contribution in [3.05, 3.63) is 24.3 Å². The van der Waals surface area contributed by atoms with Gasteiger partial charge in [-0.3, -0.25) is 0 Å². The average molecular weight is 212 g/mol. The Kier molecular flexibility index (Phi) is 5.03. The summed E-state index contributed by atoms with van der Waals surface area (Å²) in [7, 11) is 0. The molecule has 0 saturated carbocycles. The molecule has 1 aliphatic rings. The van der Waals surface area contributed by atoms with Gasteiger partial charge in [0.15, 0.2) is 0 Å². The molecular weight excluding hydrogens is 191 g/mol. The molecule has 2 heteroatoms. The summed E-state index contributed by atoms with van der Waals surface area (Å²) >= 11 is 0. The van der Waals surface area contributed by atoms with Crippen molar-refractivity contribution in [3.63, 3.8) is 0 Å². The summed E-state index contributed by atoms with van der Waals surface area (Å²) in [5.41, 5.74) is 0. The first-order chi connectivity index (χ1) is 7.16. The van der Waals surface area contributed by atoms with E-state index in [-0.39, 0.29) is 0 Å². The van der Waals surface area contributed by atoms with Crippen molar-refractivity contribution in [1.29, 1.82) is 0 Å². The average Bonchev–Trinajstić information content (AvgIpc) is 2.25. The van der Waals surface area contributed by atoms with E-state index < -0.39 is 5.85 Å². The van der Waals surface area contributed by atoms with Crippen LogP contribution in [0.25, 0.3) is 0 Å². The SMILES string of the molecule is CCC(C)CCCO[C@@]1(F)C=CC=CC1. The number of alkyl halides is 1. The Bertz CT molecular complexity index is 235. The molecule has 0 aromatic heterocycles. The van der Waals surface area contributed by atoms with Gasteiger partial charge in [-0.15, -0.1) is 0 Å². The van der Waals surface area contributed by atoms with E-state index in [1.165, 1.54) is 12.5 Å². The van der Waals surface area contributed by atoms with Gasteiger partial charge in [-0.1, -0.05) is 38.5 Å². The first-order valence-electron chi connectivity index (χ1n) is 5.83. The fourth-order valence-electron chi connectivity index (χ4n) is 1.56. The molecule has 86 valence electrons. The van der Waals surface area contributed by atoms with Gasteiger partial charge >= 0.3 is 0 Å². The van der Waals surface area contributed by atoms with Crippen molar-refractivity contribution in [1.82, 2.24) is 0 Å². The minimum atomic E-state index is -1.55. The number of allylic oxidation sites excluding steroid dienone is 2. The molecular formula is C13H21FO. The Morgan fingerprint density at radius 1 is 1.47 bits per heavy atom. The summed E-state index contributed by atoms with van der Waals surface area (Å²) in [6.07, 6.45) is 10.4. The number of hydrogen-bond donors (Lipinski definition) is 0. The van der Waals surface area contributed by atoms with Crippen LogP contribution in [0.2, 0.25) is 0 Å². The van der Waals surface area contributed by atoms with Crippen molar-refractivity contribution < 1.29 is 9.13 Å². The van der Waals surface area contributed by atoms with Crippen molar-refractivity contribution in [2.45, 2.75) is 45.4 Å². The molecule has 1 aliphatic carbocycles. The quantitative estimate of drug-likeness (QED) is 0.604. The van der Waals surface area contributed by atoms with Crippen LogP contribution in [0.3, 0.4) is 0 Å². The summed E-state index contributed by atoms with van der Waals surface area (Å²) < 4.78 is 19.1. The molecule has 0 heterocycles. The molecule has 0 spiro atoms. The van der Waals surface area contributed by atoms with E-state index in [9.17, 15) is 4.39 Å². The van der Waals surface area contributed by atoms with Crippen LogP contribution >= 0.6 is 0 Å². The highest BCUT2D eigenvalue weighted by molar-refractivity contribution is 5.15. The lowest BCUT2D eigenvalue weighted by atomic mass is 10.0. The van der Waals surface area contributed by atoms with Gasteiger partial charge in [0.05, 0.1) is 6.61 Å². The summed E-state index contributed by atoms with van der Waals surface area (Å²) in [6, 6.07) is 0. The Morgan fingerprint density at radius 3 is 2.87 bits per heavy atom. The van der Waals surface area contributed by atoms with Crippen molar-refractivity contribution >= 4 is 0 Å². The number of rotatable bonds is 6. The van der Waals surface area contributed by atoms with Gasteiger partial charge in [-0.2, -0.15) is 0 Å². The Labute approximate surface area is 92.0 Å². The highest BCUT2D eigenvalue weighted by atomic mass is 19.2. The molecule has 0 aromatic rings. The largest absolute Gasteiger partial charge is 0.342 e. The van der Waals surface area contributed by atoms with Crippen LogP contribution in [0.5, 0.6) is 0 Å². The zero-order valence-electron chi connectivity index (χ0n) is 9.71. The van der Waals surface area contributed by atoms with E-state index >= 15 is 0 Å². The molecule has 2 atom stereocenters. The third kappa shape index (κ3) is 4.61. The van der Waals surface area contributed by atoms with Gasteiger partial charge in [0.25, 0.3) is 0 Å². The maximum atomic E-state index is 13.8. The van der Waals surface area contributed by atoms with Crippen molar-refractivity contribution in [2.24, 2.45) is 5.92 Å². The van der Waals surface area contributed by atoms with Gasteiger partial charge in [0, 0.05) is 6.42 Å². The third-order valence-electron chi connectivity index (χ3n) is 2.87. The van der Waals surface area contributed by atoms with E-state index in [4.69, 9.17) is 4.74 Å². The van der Waals surface area contributed by atoms with E-state index in [0.717, 1.165) is 12.8 Å². The lowest BCUT2D eigenvalue weighted by Crippen LogP contribution is -2.25. The van der Waals surface area contributed by atoms with Gasteiger partial charge in [0.1, 0.15) is 0 Å². The topological polar surface area (TPSA) is 9.23 Å². The summed E-state index contributed by atoms with van der Waals surface area (Å²) in [5, 5.41) is 0. The smallest absolute Gasteiger partial charge is 0.232 e. The molecule has 1 rings (SSSR count). The Hall–Kier alpha value is -0.630. The van der Waals surface area contributed by atoms with Gasteiger partial charge in [-0.05, 0) is 24.8 Å². The second-order valence-corrected chi connectivity index (χ2v) is 4.28. The molecule has 0 aliphatic heterocycles. The molecule has 0 saturated heterocycles. The number of hydrogen-bond acceptors (Lipinski definition) is 1. The number of ether oxygens (including phenoxy) is 1. The summed E-state index contributed by atoms with van der Waals surface area (Å²) in [5.74, 6) is -0.838. The molecule has 0 fully saturated rings. The van der Waals surface area contributed by atoms with Crippen LogP contribution in [-0.2, 0) is 4.74 Å². The Morgan fingerprint density at radius 2 is 2.27 bits per heavy atom. The zero-order chi connectivity index (χ0) is 11.1. The second kappa shape index (κ2) is 6.06. The van der Waals surface area contributed by atoms with Crippen LogP contribution in [0.15, 0.2) is 24.3 Å². The lowest BCUT2D eigenvalue weighted by Gasteiger charge is -2.22. The van der Waals surface area contributed by atoms with E-state index in [1.807, 2.05) is 6.08 Å². The molecule has 0 N–H and O–H groups in total. The first kappa shape index (κ1) is 12.4. The van der Waals surface area contributed by atoms with Crippen LogP contribution in [-0.4, -0.2) is 12.5 Å². The molecule has 15 heavy (non-hydrogen) atoms. The van der Waals surface area contributed by atoms with Crippen LogP contribution in [0.4, 0.5) is 4.39 Å². The fraction of sp³-hybridized carbons (Fsp3) is 0.692. The molecule has 0 aromatic carbocycles.